The Balaban J connectivity index is 0.000000743. The van der Waals surface area contributed by atoms with Crippen LogP contribution in [0.3, 0.4) is 0 Å². The molecule has 2 aliphatic heterocycles. The highest BCUT2D eigenvalue weighted by Gasteiger charge is 2.44. The number of carbonyl (C=O) groups excluding carboxylic acids is 2. The lowest BCUT2D eigenvalue weighted by atomic mass is 9.67. The van der Waals surface area contributed by atoms with Crippen molar-refractivity contribution in [2.75, 3.05) is 0 Å². The van der Waals surface area contributed by atoms with Crippen LogP contribution in [0.4, 0.5) is 0 Å². The van der Waals surface area contributed by atoms with E-state index in [1.54, 1.807) is 30.9 Å². The van der Waals surface area contributed by atoms with E-state index in [1.807, 2.05) is 40.8 Å². The summed E-state index contributed by atoms with van der Waals surface area (Å²) >= 11 is 0. The maximum Gasteiger partial charge on any atom is 0.270 e. The van der Waals surface area contributed by atoms with Crippen molar-refractivity contribution in [2.45, 2.75) is 112 Å². The van der Waals surface area contributed by atoms with Crippen LogP contribution >= 0.6 is 0 Å². The Morgan fingerprint density at radius 2 is 1.85 bits per heavy atom. The molecule has 41 heavy (non-hydrogen) atoms. The van der Waals surface area contributed by atoms with E-state index in [1.165, 1.54) is 12.8 Å². The first-order valence-corrected chi connectivity index (χ1v) is 15.2. The number of carbonyl (C=O) groups is 2. The third-order valence-electron chi connectivity index (χ3n) is 7.30. The number of rotatable bonds is 10. The maximum atomic E-state index is 12.5. The lowest BCUT2D eigenvalue weighted by Gasteiger charge is -2.46. The highest BCUT2D eigenvalue weighted by molar-refractivity contribution is 5.92. The lowest BCUT2D eigenvalue weighted by molar-refractivity contribution is -0.135. The van der Waals surface area contributed by atoms with Crippen molar-refractivity contribution in [1.82, 2.24) is 30.4 Å². The van der Waals surface area contributed by atoms with Crippen molar-refractivity contribution in [3.8, 4) is 12.8 Å². The molecule has 4 N–H and O–H groups in total. The molecule has 1 aliphatic carbocycles. The van der Waals surface area contributed by atoms with E-state index >= 15 is 0 Å². The molecule has 2 bridgehead atoms. The van der Waals surface area contributed by atoms with E-state index in [0.717, 1.165) is 37.2 Å². The van der Waals surface area contributed by atoms with Gasteiger partial charge in [0.1, 0.15) is 11.5 Å². The Morgan fingerprint density at radius 1 is 1.22 bits per heavy atom. The fourth-order valence-electron chi connectivity index (χ4n) is 4.85. The van der Waals surface area contributed by atoms with Crippen molar-refractivity contribution < 1.29 is 9.59 Å². The van der Waals surface area contributed by atoms with Crippen molar-refractivity contribution in [3.05, 3.63) is 35.7 Å². The molecule has 230 valence electrons. The third kappa shape index (κ3) is 12.3. The molecule has 0 spiro atoms. The number of amides is 2. The largest absolute Gasteiger partial charge is 0.353 e. The molecule has 2 saturated heterocycles. The average Bonchev–Trinajstić information content (AvgIpc) is 3.59. The van der Waals surface area contributed by atoms with Gasteiger partial charge in [-0.25, -0.2) is 4.98 Å². The summed E-state index contributed by atoms with van der Waals surface area (Å²) in [4.78, 5) is 31.3. The number of imidazole rings is 1. The van der Waals surface area contributed by atoms with Gasteiger partial charge in [0.25, 0.3) is 5.91 Å². The van der Waals surface area contributed by atoms with Crippen LogP contribution in [0.1, 0.15) is 121 Å². The molecular formula is C32H55N7O2. The Bertz CT molecular complexity index is 1050. The van der Waals surface area contributed by atoms with Crippen LogP contribution in [0.25, 0.3) is 0 Å². The summed E-state index contributed by atoms with van der Waals surface area (Å²) in [5.41, 5.74) is 2.15. The number of terminal acetylenes is 1. The minimum atomic E-state index is -0.106. The number of H-pyrrole nitrogens is 1. The molecular weight excluding hydrogens is 514 g/mol. The summed E-state index contributed by atoms with van der Waals surface area (Å²) in [6, 6.07) is 2.14. The fourth-order valence-corrected chi connectivity index (χ4v) is 4.85. The Kier molecular flexibility index (Phi) is 18.8. The number of aromatic nitrogens is 4. The molecule has 2 aromatic heterocycles. The van der Waals surface area contributed by atoms with Gasteiger partial charge in [-0.05, 0) is 57.4 Å². The van der Waals surface area contributed by atoms with Gasteiger partial charge in [0, 0.05) is 30.9 Å². The highest BCUT2D eigenvalue weighted by Crippen LogP contribution is 2.40. The van der Waals surface area contributed by atoms with Crippen LogP contribution in [0.2, 0.25) is 0 Å². The smallest absolute Gasteiger partial charge is 0.270 e. The van der Waals surface area contributed by atoms with Crippen LogP contribution in [0.5, 0.6) is 0 Å². The fraction of sp³-hybridized carbons (Fsp3) is 0.656. The van der Waals surface area contributed by atoms with Crippen LogP contribution < -0.4 is 10.6 Å². The van der Waals surface area contributed by atoms with Crippen molar-refractivity contribution in [1.29, 1.82) is 5.41 Å². The molecule has 5 rings (SSSR count). The van der Waals surface area contributed by atoms with Crippen molar-refractivity contribution >= 4 is 17.5 Å². The third-order valence-corrected chi connectivity index (χ3v) is 7.30. The molecule has 3 fully saturated rings. The topological polar surface area (TPSA) is 129 Å². The number of aromatic amines is 1. The molecule has 9 nitrogen and oxygen atoms in total. The SMILES string of the molecule is C#C.CC.CC.CC(=N)CC1C(=O)NC2CC1C2.CCC(C)CCCC(NC(=O)c1ccnn1C)c1cnc(C)[nH]1. The Hall–Kier alpha value is -3.41. The van der Waals surface area contributed by atoms with Crippen LogP contribution in [-0.4, -0.2) is 43.3 Å². The minimum Gasteiger partial charge on any atom is -0.353 e. The average molecular weight is 570 g/mol. The predicted molar refractivity (Wildman–Crippen MR) is 169 cm³/mol. The zero-order chi connectivity index (χ0) is 31.5. The second kappa shape index (κ2) is 20.5. The second-order valence-electron chi connectivity index (χ2n) is 10.3. The van der Waals surface area contributed by atoms with Crippen LogP contribution in [-0.2, 0) is 11.8 Å². The van der Waals surface area contributed by atoms with Gasteiger partial charge < -0.3 is 21.0 Å². The van der Waals surface area contributed by atoms with Gasteiger partial charge in [-0.2, -0.15) is 5.10 Å². The summed E-state index contributed by atoms with van der Waals surface area (Å²) < 4.78 is 1.59. The van der Waals surface area contributed by atoms with E-state index in [-0.39, 0.29) is 23.8 Å². The summed E-state index contributed by atoms with van der Waals surface area (Å²) in [5.74, 6) is 2.32. The predicted octanol–water partition coefficient (Wildman–Crippen LogP) is 6.38. The lowest BCUT2D eigenvalue weighted by Crippen LogP contribution is -2.57. The Morgan fingerprint density at radius 3 is 2.32 bits per heavy atom. The monoisotopic (exact) mass is 569 g/mol. The van der Waals surface area contributed by atoms with Gasteiger partial charge in [0.15, 0.2) is 0 Å². The molecule has 3 atom stereocenters. The van der Waals surface area contributed by atoms with Gasteiger partial charge in [0.2, 0.25) is 5.91 Å². The van der Waals surface area contributed by atoms with Gasteiger partial charge in [0.05, 0.1) is 17.9 Å². The number of piperidine rings is 2. The zero-order valence-electron chi connectivity index (χ0n) is 26.9. The standard InChI is InChI=1S/C17H27N5O.C9H14N2O.2C2H6.C2H2/c1-5-12(2)7-6-8-14(15-11-18-13(3)20-15)21-17(23)16-9-10-19-22(16)4;1-5(10)2-8-6-3-7(4-6)11-9(8)12;3*1-2/h9-12,14H,5-8H2,1-4H3,(H,18,20)(H,21,23);6-8,10H,2-4H2,1H3,(H,11,12);2*1-2H3;1-2H. The molecule has 0 aromatic carbocycles. The highest BCUT2D eigenvalue weighted by atomic mass is 16.2. The van der Waals surface area contributed by atoms with Gasteiger partial charge in [-0.1, -0.05) is 60.8 Å². The molecule has 3 aliphatic rings. The van der Waals surface area contributed by atoms with Crippen LogP contribution in [0.15, 0.2) is 18.5 Å². The van der Waals surface area contributed by atoms with E-state index < -0.39 is 0 Å². The minimum absolute atomic E-state index is 0.0531. The van der Waals surface area contributed by atoms with E-state index in [4.69, 9.17) is 5.41 Å². The number of fused-ring (bicyclic) bond motifs is 2. The van der Waals surface area contributed by atoms with E-state index in [2.05, 4.69) is 52.4 Å². The number of nitrogens with zero attached hydrogens (tertiary/aromatic N) is 3. The van der Waals surface area contributed by atoms with Gasteiger partial charge in [-0.3, -0.25) is 14.3 Å². The molecule has 0 radical (unpaired) electrons. The van der Waals surface area contributed by atoms with Crippen LogP contribution in [0, 0.1) is 42.9 Å². The number of hydrogen-bond donors (Lipinski definition) is 4. The van der Waals surface area contributed by atoms with Crippen molar-refractivity contribution in [3.63, 3.8) is 0 Å². The van der Waals surface area contributed by atoms with E-state index in [9.17, 15) is 9.59 Å². The normalized spacial score (nSPS) is 19.3. The molecule has 9 heteroatoms. The quantitative estimate of drug-likeness (QED) is 0.195. The number of aryl methyl sites for hydroxylation is 2. The number of hydrogen-bond acceptors (Lipinski definition) is 5. The summed E-state index contributed by atoms with van der Waals surface area (Å²) in [6.07, 6.45) is 18.7. The summed E-state index contributed by atoms with van der Waals surface area (Å²) in [7, 11) is 1.77. The summed E-state index contributed by atoms with van der Waals surface area (Å²) in [6.45, 7) is 16.2. The summed E-state index contributed by atoms with van der Waals surface area (Å²) in [5, 5.41) is 17.5. The molecule has 4 heterocycles. The first kappa shape index (κ1) is 37.6. The molecule has 3 unspecified atom stereocenters. The maximum absolute atomic E-state index is 12.5. The first-order chi connectivity index (χ1) is 19.7. The second-order valence-corrected chi connectivity index (χ2v) is 10.3. The van der Waals surface area contributed by atoms with Gasteiger partial charge in [-0.15, -0.1) is 12.8 Å². The molecule has 2 aromatic rings. The van der Waals surface area contributed by atoms with E-state index in [0.29, 0.717) is 35.7 Å². The Labute approximate surface area is 248 Å². The first-order valence-electron chi connectivity index (χ1n) is 15.2. The molecule has 1 saturated carbocycles. The van der Waals surface area contributed by atoms with Crippen molar-refractivity contribution in [2.24, 2.45) is 24.8 Å². The molecule has 2 amide bonds. The zero-order valence-corrected chi connectivity index (χ0v) is 26.9. The number of nitrogens with one attached hydrogen (secondary N) is 4. The van der Waals surface area contributed by atoms with Gasteiger partial charge >= 0.3 is 0 Å².